The predicted octanol–water partition coefficient (Wildman–Crippen LogP) is 2.48. The Morgan fingerprint density at radius 3 is 2.46 bits per heavy atom. The number of amides is 3. The molecule has 0 aromatic heterocycles. The number of carbonyl (C=O) groups is 3. The van der Waals surface area contributed by atoms with Gasteiger partial charge in [0, 0.05) is 18.3 Å². The number of hydrogen-bond acceptors (Lipinski definition) is 4. The van der Waals surface area contributed by atoms with E-state index in [1.807, 2.05) is 6.92 Å². The van der Waals surface area contributed by atoms with Crippen LogP contribution in [-0.4, -0.2) is 36.8 Å². The number of imide groups is 1. The Bertz CT molecular complexity index is 873. The van der Waals surface area contributed by atoms with Crippen molar-refractivity contribution in [2.45, 2.75) is 6.92 Å². The lowest BCUT2D eigenvalue weighted by molar-refractivity contribution is 0.0692. The van der Waals surface area contributed by atoms with E-state index in [-0.39, 0.29) is 17.7 Å². The summed E-state index contributed by atoms with van der Waals surface area (Å²) in [5, 5.41) is 2.73. The largest absolute Gasteiger partial charge is 0.496 e. The van der Waals surface area contributed by atoms with E-state index in [2.05, 4.69) is 5.32 Å². The van der Waals surface area contributed by atoms with E-state index >= 15 is 0 Å². The monoisotopic (exact) mass is 324 g/mol. The second kappa shape index (κ2) is 5.81. The number of nitrogens with one attached hydrogen (secondary N) is 1. The summed E-state index contributed by atoms with van der Waals surface area (Å²) in [5.74, 6) is -0.406. The van der Waals surface area contributed by atoms with Gasteiger partial charge in [0.05, 0.1) is 18.2 Å². The van der Waals surface area contributed by atoms with E-state index in [4.69, 9.17) is 4.74 Å². The fraction of sp³-hybridized carbons (Fsp3) is 0.167. The molecule has 2 aromatic rings. The number of carbonyl (C=O) groups excluding carboxylic acids is 3. The highest BCUT2D eigenvalue weighted by molar-refractivity contribution is 6.21. The Kier molecular flexibility index (Phi) is 3.81. The van der Waals surface area contributed by atoms with Crippen molar-refractivity contribution in [3.63, 3.8) is 0 Å². The van der Waals surface area contributed by atoms with Gasteiger partial charge in [0.15, 0.2) is 0 Å². The summed E-state index contributed by atoms with van der Waals surface area (Å²) in [7, 11) is 2.98. The van der Waals surface area contributed by atoms with Crippen LogP contribution in [0, 0.1) is 6.92 Å². The van der Waals surface area contributed by atoms with Gasteiger partial charge in [-0.3, -0.25) is 19.3 Å². The predicted molar refractivity (Wildman–Crippen MR) is 88.6 cm³/mol. The van der Waals surface area contributed by atoms with Crippen LogP contribution in [0.1, 0.15) is 36.6 Å². The van der Waals surface area contributed by atoms with Crippen LogP contribution in [0.3, 0.4) is 0 Å². The van der Waals surface area contributed by atoms with Gasteiger partial charge in [-0.25, -0.2) is 0 Å². The summed E-state index contributed by atoms with van der Waals surface area (Å²) in [6.45, 7) is 1.89. The van der Waals surface area contributed by atoms with E-state index in [1.54, 1.807) is 37.4 Å². The van der Waals surface area contributed by atoms with Crippen LogP contribution in [0.5, 0.6) is 5.75 Å². The van der Waals surface area contributed by atoms with Gasteiger partial charge in [-0.1, -0.05) is 6.07 Å². The standard InChI is InChI=1S/C18H16N2O4/c1-10-4-5-11(8-15(10)24-3)16(21)19-12-6-7-13-14(9-12)18(23)20(2)17(13)22/h4-9H,1-3H3,(H,19,21). The van der Waals surface area contributed by atoms with Crippen molar-refractivity contribution in [3.8, 4) is 5.75 Å². The number of benzene rings is 2. The molecule has 0 spiro atoms. The number of nitrogens with zero attached hydrogens (tertiary/aromatic N) is 1. The molecule has 0 unspecified atom stereocenters. The Hall–Kier alpha value is -3.15. The zero-order valence-corrected chi connectivity index (χ0v) is 13.5. The highest BCUT2D eigenvalue weighted by Crippen LogP contribution is 2.25. The second-order valence-electron chi connectivity index (χ2n) is 5.57. The summed E-state index contributed by atoms with van der Waals surface area (Å²) < 4.78 is 5.22. The Morgan fingerprint density at radius 2 is 1.75 bits per heavy atom. The number of aryl methyl sites for hydroxylation is 1. The smallest absolute Gasteiger partial charge is 0.261 e. The minimum Gasteiger partial charge on any atom is -0.496 e. The van der Waals surface area contributed by atoms with E-state index < -0.39 is 0 Å². The van der Waals surface area contributed by atoms with E-state index in [0.29, 0.717) is 28.1 Å². The topological polar surface area (TPSA) is 75.7 Å². The minimum absolute atomic E-state index is 0.293. The molecular weight excluding hydrogens is 308 g/mol. The molecule has 24 heavy (non-hydrogen) atoms. The molecule has 6 nitrogen and oxygen atoms in total. The summed E-state index contributed by atoms with van der Waals surface area (Å²) >= 11 is 0. The lowest BCUT2D eigenvalue weighted by Crippen LogP contribution is -2.24. The third-order valence-electron chi connectivity index (χ3n) is 4.02. The van der Waals surface area contributed by atoms with Gasteiger partial charge in [-0.2, -0.15) is 0 Å². The third kappa shape index (κ3) is 2.52. The van der Waals surface area contributed by atoms with Crippen LogP contribution in [-0.2, 0) is 0 Å². The Balaban J connectivity index is 1.86. The van der Waals surface area contributed by atoms with Crippen molar-refractivity contribution < 1.29 is 19.1 Å². The molecule has 2 aromatic carbocycles. The van der Waals surface area contributed by atoms with Crippen LogP contribution in [0.15, 0.2) is 36.4 Å². The fourth-order valence-corrected chi connectivity index (χ4v) is 2.60. The van der Waals surface area contributed by atoms with Crippen LogP contribution < -0.4 is 10.1 Å². The first-order valence-corrected chi connectivity index (χ1v) is 7.35. The molecular formula is C18H16N2O4. The van der Waals surface area contributed by atoms with Crippen LogP contribution in [0.25, 0.3) is 0 Å². The molecule has 1 heterocycles. The van der Waals surface area contributed by atoms with Crippen molar-refractivity contribution >= 4 is 23.4 Å². The second-order valence-corrected chi connectivity index (χ2v) is 5.57. The zero-order valence-electron chi connectivity index (χ0n) is 13.5. The van der Waals surface area contributed by atoms with Crippen LogP contribution in [0.2, 0.25) is 0 Å². The first kappa shape index (κ1) is 15.7. The zero-order chi connectivity index (χ0) is 17.4. The van der Waals surface area contributed by atoms with Crippen molar-refractivity contribution in [1.29, 1.82) is 0 Å². The molecule has 1 N–H and O–H groups in total. The van der Waals surface area contributed by atoms with Crippen LogP contribution >= 0.6 is 0 Å². The third-order valence-corrected chi connectivity index (χ3v) is 4.02. The van der Waals surface area contributed by atoms with Crippen molar-refractivity contribution in [1.82, 2.24) is 4.90 Å². The molecule has 0 aliphatic carbocycles. The molecule has 3 rings (SSSR count). The number of rotatable bonds is 3. The van der Waals surface area contributed by atoms with Gasteiger partial charge in [0.25, 0.3) is 17.7 Å². The SMILES string of the molecule is COc1cc(C(=O)Nc2ccc3c(c2)C(=O)N(C)C3=O)ccc1C. The van der Waals surface area contributed by atoms with E-state index in [1.165, 1.54) is 13.1 Å². The maximum absolute atomic E-state index is 12.4. The molecule has 0 radical (unpaired) electrons. The first-order valence-electron chi connectivity index (χ1n) is 7.35. The highest BCUT2D eigenvalue weighted by Gasteiger charge is 2.32. The quantitative estimate of drug-likeness (QED) is 0.880. The molecule has 0 bridgehead atoms. The van der Waals surface area contributed by atoms with Crippen molar-refractivity contribution in [3.05, 3.63) is 58.7 Å². The average molecular weight is 324 g/mol. The summed E-state index contributed by atoms with van der Waals surface area (Å²) in [6.07, 6.45) is 0. The fourth-order valence-electron chi connectivity index (χ4n) is 2.60. The molecule has 6 heteroatoms. The maximum Gasteiger partial charge on any atom is 0.261 e. The number of ether oxygens (including phenoxy) is 1. The maximum atomic E-state index is 12.4. The molecule has 122 valence electrons. The first-order chi connectivity index (χ1) is 11.4. The van der Waals surface area contributed by atoms with E-state index in [9.17, 15) is 14.4 Å². The molecule has 1 aliphatic heterocycles. The van der Waals surface area contributed by atoms with Gasteiger partial charge in [0.1, 0.15) is 5.75 Å². The van der Waals surface area contributed by atoms with Gasteiger partial charge >= 0.3 is 0 Å². The Labute approximate surface area is 139 Å². The molecule has 3 amide bonds. The molecule has 0 saturated heterocycles. The van der Waals surface area contributed by atoms with Gasteiger partial charge in [0.2, 0.25) is 0 Å². The van der Waals surface area contributed by atoms with Crippen molar-refractivity contribution in [2.75, 3.05) is 19.5 Å². The summed E-state index contributed by atoms with van der Waals surface area (Å²) in [4.78, 5) is 37.3. The van der Waals surface area contributed by atoms with Gasteiger partial charge < -0.3 is 10.1 Å². The number of hydrogen-bond donors (Lipinski definition) is 1. The van der Waals surface area contributed by atoms with Gasteiger partial charge in [-0.15, -0.1) is 0 Å². The number of fused-ring (bicyclic) bond motifs is 1. The molecule has 0 fully saturated rings. The minimum atomic E-state index is -0.372. The lowest BCUT2D eigenvalue weighted by Gasteiger charge is -2.09. The molecule has 1 aliphatic rings. The normalized spacial score (nSPS) is 13.0. The average Bonchev–Trinajstić information content (AvgIpc) is 2.79. The molecule has 0 saturated carbocycles. The summed E-state index contributed by atoms with van der Waals surface area (Å²) in [6, 6.07) is 9.82. The number of anilines is 1. The van der Waals surface area contributed by atoms with E-state index in [0.717, 1.165) is 10.5 Å². The lowest BCUT2D eigenvalue weighted by atomic mass is 10.1. The van der Waals surface area contributed by atoms with Crippen LogP contribution in [0.4, 0.5) is 5.69 Å². The highest BCUT2D eigenvalue weighted by atomic mass is 16.5. The number of methoxy groups -OCH3 is 1. The van der Waals surface area contributed by atoms with Gasteiger partial charge in [-0.05, 0) is 42.8 Å². The molecule has 0 atom stereocenters. The van der Waals surface area contributed by atoms with Crippen molar-refractivity contribution in [2.24, 2.45) is 0 Å². The Morgan fingerprint density at radius 1 is 1.04 bits per heavy atom. The summed E-state index contributed by atoms with van der Waals surface area (Å²) in [5.41, 5.74) is 2.46.